The summed E-state index contributed by atoms with van der Waals surface area (Å²) < 4.78 is 0. The molecule has 0 atom stereocenters. The van der Waals surface area contributed by atoms with Crippen LogP contribution in [0, 0.1) is 6.92 Å². The Morgan fingerprint density at radius 1 is 1.48 bits per heavy atom. The number of nitrogens with one attached hydrogen (secondary N) is 2. The van der Waals surface area contributed by atoms with Crippen molar-refractivity contribution >= 4 is 29.3 Å². The van der Waals surface area contributed by atoms with Gasteiger partial charge in [0, 0.05) is 12.2 Å². The van der Waals surface area contributed by atoms with Gasteiger partial charge in [0.2, 0.25) is 0 Å². The predicted molar refractivity (Wildman–Crippen MR) is 82.8 cm³/mol. The molecule has 0 saturated heterocycles. The largest absolute Gasteiger partial charge is 0.351 e. The minimum atomic E-state index is -0.276. The van der Waals surface area contributed by atoms with Crippen LogP contribution in [0.4, 0.5) is 0 Å². The number of hydrogen-bond donors (Lipinski definition) is 2. The molecule has 0 saturated carbocycles. The van der Waals surface area contributed by atoms with Gasteiger partial charge in [0.15, 0.2) is 10.9 Å². The van der Waals surface area contributed by atoms with Crippen LogP contribution < -0.4 is 5.32 Å². The Balaban J connectivity index is 1.86. The standard InChI is InChI=1S/C13H16ClN5OS/c1-8-9(6-17-19-8)4-3-5-15-12(20)11-10(14)7-16-13(18-11)21-2/h6-7H,3-5H2,1-2H3,(H,15,20)(H,17,19). The molecule has 6 nitrogen and oxygen atoms in total. The summed E-state index contributed by atoms with van der Waals surface area (Å²) in [6.07, 6.45) is 6.78. The average molecular weight is 326 g/mol. The predicted octanol–water partition coefficient (Wildman–Crippen LogP) is 2.25. The van der Waals surface area contributed by atoms with E-state index in [1.165, 1.54) is 18.0 Å². The second-order valence-corrected chi connectivity index (χ2v) is 5.61. The molecule has 0 radical (unpaired) electrons. The highest BCUT2D eigenvalue weighted by Crippen LogP contribution is 2.16. The zero-order chi connectivity index (χ0) is 15.2. The van der Waals surface area contributed by atoms with E-state index in [9.17, 15) is 4.79 Å². The molecule has 2 N–H and O–H groups in total. The van der Waals surface area contributed by atoms with E-state index in [4.69, 9.17) is 11.6 Å². The Hall–Kier alpha value is -1.60. The van der Waals surface area contributed by atoms with Crippen LogP contribution in [0.15, 0.2) is 17.6 Å². The van der Waals surface area contributed by atoms with Gasteiger partial charge in [-0.3, -0.25) is 9.89 Å². The first-order valence-corrected chi connectivity index (χ1v) is 8.05. The second-order valence-electron chi connectivity index (χ2n) is 4.43. The lowest BCUT2D eigenvalue weighted by Gasteiger charge is -2.06. The molecule has 2 aromatic heterocycles. The first kappa shape index (κ1) is 15.8. The van der Waals surface area contributed by atoms with E-state index in [0.29, 0.717) is 11.7 Å². The first-order valence-electron chi connectivity index (χ1n) is 6.45. The summed E-state index contributed by atoms with van der Waals surface area (Å²) in [7, 11) is 0. The van der Waals surface area contributed by atoms with Crippen LogP contribution in [0.1, 0.15) is 28.2 Å². The summed E-state index contributed by atoms with van der Waals surface area (Å²) >= 11 is 7.32. The number of nitrogens with zero attached hydrogens (tertiary/aromatic N) is 3. The molecular formula is C13H16ClN5OS. The number of hydrogen-bond acceptors (Lipinski definition) is 5. The van der Waals surface area contributed by atoms with Gasteiger partial charge < -0.3 is 5.32 Å². The molecule has 112 valence electrons. The van der Waals surface area contributed by atoms with E-state index in [1.807, 2.05) is 19.4 Å². The number of aromatic amines is 1. The number of rotatable bonds is 6. The van der Waals surface area contributed by atoms with Crippen LogP contribution in [0.3, 0.4) is 0 Å². The van der Waals surface area contributed by atoms with Crippen molar-refractivity contribution in [3.05, 3.63) is 34.4 Å². The summed E-state index contributed by atoms with van der Waals surface area (Å²) in [5, 5.41) is 10.5. The topological polar surface area (TPSA) is 83.6 Å². The number of aromatic nitrogens is 4. The quantitative estimate of drug-likeness (QED) is 0.483. The zero-order valence-electron chi connectivity index (χ0n) is 11.8. The number of H-pyrrole nitrogens is 1. The normalized spacial score (nSPS) is 10.6. The van der Waals surface area contributed by atoms with E-state index in [0.717, 1.165) is 24.1 Å². The first-order chi connectivity index (χ1) is 10.1. The number of carbonyl (C=O) groups excluding carboxylic acids is 1. The second kappa shape index (κ2) is 7.42. The molecule has 0 aliphatic carbocycles. The van der Waals surface area contributed by atoms with Gasteiger partial charge in [-0.2, -0.15) is 5.10 Å². The summed E-state index contributed by atoms with van der Waals surface area (Å²) in [6, 6.07) is 0. The Bertz CT molecular complexity index is 631. The third kappa shape index (κ3) is 4.18. The molecule has 2 heterocycles. The summed E-state index contributed by atoms with van der Waals surface area (Å²) in [6.45, 7) is 2.53. The fourth-order valence-corrected chi connectivity index (χ4v) is 2.32. The molecule has 2 aromatic rings. The van der Waals surface area contributed by atoms with Crippen LogP contribution in [-0.2, 0) is 6.42 Å². The lowest BCUT2D eigenvalue weighted by Crippen LogP contribution is -2.26. The number of thioether (sulfide) groups is 1. The van der Waals surface area contributed by atoms with Crippen LogP contribution in [-0.4, -0.2) is 38.9 Å². The Morgan fingerprint density at radius 2 is 2.29 bits per heavy atom. The molecule has 1 amide bonds. The maximum atomic E-state index is 12.0. The van der Waals surface area contributed by atoms with Crippen LogP contribution >= 0.6 is 23.4 Å². The molecule has 0 aliphatic rings. The van der Waals surface area contributed by atoms with Crippen molar-refractivity contribution in [3.8, 4) is 0 Å². The fraction of sp³-hybridized carbons (Fsp3) is 0.385. The van der Waals surface area contributed by atoms with Gasteiger partial charge in [0.05, 0.1) is 17.4 Å². The van der Waals surface area contributed by atoms with Crippen molar-refractivity contribution in [2.75, 3.05) is 12.8 Å². The number of carbonyl (C=O) groups is 1. The van der Waals surface area contributed by atoms with Crippen molar-refractivity contribution in [2.24, 2.45) is 0 Å². The minimum Gasteiger partial charge on any atom is -0.351 e. The molecule has 0 spiro atoms. The molecule has 8 heteroatoms. The van der Waals surface area contributed by atoms with E-state index in [2.05, 4.69) is 25.5 Å². The van der Waals surface area contributed by atoms with Gasteiger partial charge in [-0.15, -0.1) is 0 Å². The lowest BCUT2D eigenvalue weighted by molar-refractivity contribution is 0.0947. The highest BCUT2D eigenvalue weighted by molar-refractivity contribution is 7.98. The van der Waals surface area contributed by atoms with Crippen molar-refractivity contribution in [1.29, 1.82) is 0 Å². The minimum absolute atomic E-state index is 0.218. The molecule has 0 bridgehead atoms. The van der Waals surface area contributed by atoms with Gasteiger partial charge in [0.25, 0.3) is 5.91 Å². The van der Waals surface area contributed by atoms with Crippen molar-refractivity contribution in [1.82, 2.24) is 25.5 Å². The summed E-state index contributed by atoms with van der Waals surface area (Å²) in [5.41, 5.74) is 2.44. The molecule has 2 rings (SSSR count). The molecular weight excluding hydrogens is 310 g/mol. The monoisotopic (exact) mass is 325 g/mol. The van der Waals surface area contributed by atoms with Crippen molar-refractivity contribution in [2.45, 2.75) is 24.9 Å². The van der Waals surface area contributed by atoms with Gasteiger partial charge in [-0.1, -0.05) is 23.4 Å². The van der Waals surface area contributed by atoms with Crippen molar-refractivity contribution in [3.63, 3.8) is 0 Å². The molecule has 0 aromatic carbocycles. The van der Waals surface area contributed by atoms with Crippen LogP contribution in [0.25, 0.3) is 0 Å². The van der Waals surface area contributed by atoms with Gasteiger partial charge in [-0.05, 0) is 31.6 Å². The van der Waals surface area contributed by atoms with Crippen LogP contribution in [0.5, 0.6) is 0 Å². The van der Waals surface area contributed by atoms with Crippen molar-refractivity contribution < 1.29 is 4.79 Å². The Morgan fingerprint density at radius 3 is 2.95 bits per heavy atom. The van der Waals surface area contributed by atoms with E-state index in [1.54, 1.807) is 0 Å². The van der Waals surface area contributed by atoms with E-state index >= 15 is 0 Å². The molecule has 0 fully saturated rings. The van der Waals surface area contributed by atoms with Crippen LogP contribution in [0.2, 0.25) is 5.02 Å². The fourth-order valence-electron chi connectivity index (χ4n) is 1.80. The smallest absolute Gasteiger partial charge is 0.271 e. The highest BCUT2D eigenvalue weighted by Gasteiger charge is 2.13. The number of amides is 1. The average Bonchev–Trinajstić information content (AvgIpc) is 2.89. The third-order valence-electron chi connectivity index (χ3n) is 2.96. The Labute approximate surface area is 132 Å². The number of halogens is 1. The maximum absolute atomic E-state index is 12.0. The van der Waals surface area contributed by atoms with E-state index in [-0.39, 0.29) is 16.6 Å². The molecule has 21 heavy (non-hydrogen) atoms. The van der Waals surface area contributed by atoms with Gasteiger partial charge >= 0.3 is 0 Å². The van der Waals surface area contributed by atoms with E-state index < -0.39 is 0 Å². The lowest BCUT2D eigenvalue weighted by atomic mass is 10.1. The summed E-state index contributed by atoms with van der Waals surface area (Å²) in [5.74, 6) is -0.276. The highest BCUT2D eigenvalue weighted by atomic mass is 35.5. The molecule has 0 unspecified atom stereocenters. The number of aryl methyl sites for hydroxylation is 2. The summed E-state index contributed by atoms with van der Waals surface area (Å²) in [4.78, 5) is 20.2. The van der Waals surface area contributed by atoms with Gasteiger partial charge in [0.1, 0.15) is 0 Å². The maximum Gasteiger partial charge on any atom is 0.271 e. The SMILES string of the molecule is CSc1ncc(Cl)c(C(=O)NCCCc2cn[nH]c2C)n1. The Kier molecular flexibility index (Phi) is 5.58. The third-order valence-corrected chi connectivity index (χ3v) is 3.80. The zero-order valence-corrected chi connectivity index (χ0v) is 13.4. The molecule has 0 aliphatic heterocycles. The van der Waals surface area contributed by atoms with Gasteiger partial charge in [-0.25, -0.2) is 9.97 Å².